The van der Waals surface area contributed by atoms with Crippen molar-refractivity contribution in [2.45, 2.75) is 90.9 Å². The molecule has 9 rings (SSSR count). The number of hydrogen-bond acceptors (Lipinski definition) is 0. The largest absolute Gasteiger partial charge is 0.0616 e. The monoisotopic (exact) mass is 622 g/mol. The number of rotatable bonds is 0. The van der Waals surface area contributed by atoms with E-state index < -0.39 is 0 Å². The molecule has 0 heterocycles. The summed E-state index contributed by atoms with van der Waals surface area (Å²) in [4.78, 5) is 0. The summed E-state index contributed by atoms with van der Waals surface area (Å²) in [6.45, 7) is 24.2. The molecule has 0 aromatic heterocycles. The second kappa shape index (κ2) is 9.17. The molecule has 238 valence electrons. The Labute approximate surface area is 285 Å². The van der Waals surface area contributed by atoms with Crippen LogP contribution in [-0.4, -0.2) is 0 Å². The van der Waals surface area contributed by atoms with Crippen LogP contribution in [0.2, 0.25) is 0 Å². The average Bonchev–Trinajstić information content (AvgIpc) is 3.36. The minimum atomic E-state index is -0.0865. The lowest BCUT2D eigenvalue weighted by atomic mass is 9.71. The summed E-state index contributed by atoms with van der Waals surface area (Å²) in [6, 6.07) is 37.9. The van der Waals surface area contributed by atoms with Crippen LogP contribution in [0.3, 0.4) is 0 Å². The summed E-state index contributed by atoms with van der Waals surface area (Å²) < 4.78 is 0. The predicted octanol–water partition coefficient (Wildman–Crippen LogP) is 13.5. The summed E-state index contributed by atoms with van der Waals surface area (Å²) in [7, 11) is 0. The third-order valence-electron chi connectivity index (χ3n) is 11.9. The van der Waals surface area contributed by atoms with Gasteiger partial charge in [0.25, 0.3) is 0 Å². The molecule has 0 N–H and O–H groups in total. The number of hydrogen-bond donors (Lipinski definition) is 0. The summed E-state index contributed by atoms with van der Waals surface area (Å²) in [5.41, 5.74) is 14.0. The molecule has 48 heavy (non-hydrogen) atoms. The summed E-state index contributed by atoms with van der Waals surface area (Å²) in [6.07, 6.45) is 0. The fraction of sp³-hybridized carbons (Fsp3) is 0.292. The van der Waals surface area contributed by atoms with Crippen molar-refractivity contribution in [1.82, 2.24) is 0 Å². The van der Waals surface area contributed by atoms with Gasteiger partial charge in [0.05, 0.1) is 0 Å². The van der Waals surface area contributed by atoms with Crippen LogP contribution in [0.1, 0.15) is 103 Å². The average molecular weight is 623 g/mol. The summed E-state index contributed by atoms with van der Waals surface area (Å²) in [5, 5.41) is 10.9. The molecule has 2 aliphatic rings. The maximum atomic E-state index is 2.60. The Morgan fingerprint density at radius 2 is 0.625 bits per heavy atom. The molecule has 0 amide bonds. The molecule has 0 aliphatic heterocycles. The van der Waals surface area contributed by atoms with Crippen molar-refractivity contribution in [1.29, 1.82) is 0 Å². The highest BCUT2D eigenvalue weighted by atomic mass is 14.4. The Bertz CT molecular complexity index is 2370. The summed E-state index contributed by atoms with van der Waals surface area (Å²) in [5.74, 6) is 0. The van der Waals surface area contributed by atoms with Crippen molar-refractivity contribution in [3.63, 3.8) is 0 Å². The van der Waals surface area contributed by atoms with Crippen LogP contribution < -0.4 is 0 Å². The van der Waals surface area contributed by atoms with Gasteiger partial charge >= 0.3 is 0 Å². The molecule has 0 fully saturated rings. The molecule has 2 aliphatic carbocycles. The maximum absolute atomic E-state index is 2.60. The summed E-state index contributed by atoms with van der Waals surface area (Å²) >= 11 is 0. The van der Waals surface area contributed by atoms with E-state index in [1.165, 1.54) is 98.7 Å². The standard InChI is InChI=1S/C48H46/c1-45(2,3)43-35-23-33-31-19-27-15-11-13-17-29(27)21-39(31)48(9,10)42(33)26-38(35)44(46(4,5)6)36-24-34-32-20-28-16-12-14-18-30(28)22-40(32)47(7,8)41(34)25-37(36)43/h11-26H,1-10H3. The quantitative estimate of drug-likeness (QED) is 0.148. The lowest BCUT2D eigenvalue weighted by Gasteiger charge is -2.32. The zero-order valence-electron chi connectivity index (χ0n) is 30.2. The van der Waals surface area contributed by atoms with E-state index in [-0.39, 0.29) is 21.7 Å². The van der Waals surface area contributed by atoms with E-state index in [9.17, 15) is 0 Å². The van der Waals surface area contributed by atoms with Gasteiger partial charge in [0.15, 0.2) is 0 Å². The van der Waals surface area contributed by atoms with Crippen molar-refractivity contribution in [3.8, 4) is 22.3 Å². The van der Waals surface area contributed by atoms with E-state index in [1.807, 2.05) is 0 Å². The minimum Gasteiger partial charge on any atom is -0.0616 e. The van der Waals surface area contributed by atoms with Crippen LogP contribution in [0.4, 0.5) is 0 Å². The third-order valence-corrected chi connectivity index (χ3v) is 11.9. The second-order valence-electron chi connectivity index (χ2n) is 17.9. The van der Waals surface area contributed by atoms with Gasteiger partial charge in [-0.3, -0.25) is 0 Å². The van der Waals surface area contributed by atoms with Gasteiger partial charge in [-0.2, -0.15) is 0 Å². The molecule has 0 spiro atoms. The van der Waals surface area contributed by atoms with Crippen LogP contribution >= 0.6 is 0 Å². The first-order chi connectivity index (χ1) is 22.6. The molecule has 0 atom stereocenters. The third kappa shape index (κ3) is 3.84. The fourth-order valence-corrected chi connectivity index (χ4v) is 9.66. The predicted molar refractivity (Wildman–Crippen MR) is 209 cm³/mol. The van der Waals surface area contributed by atoms with E-state index in [1.54, 1.807) is 0 Å². The molecule has 0 radical (unpaired) electrons. The normalized spacial score (nSPS) is 16.0. The van der Waals surface area contributed by atoms with Crippen LogP contribution in [-0.2, 0) is 21.7 Å². The van der Waals surface area contributed by atoms with E-state index in [2.05, 4.69) is 166 Å². The lowest BCUT2D eigenvalue weighted by molar-refractivity contribution is 0.592. The van der Waals surface area contributed by atoms with Gasteiger partial charge in [-0.25, -0.2) is 0 Å². The van der Waals surface area contributed by atoms with Gasteiger partial charge in [0, 0.05) is 10.8 Å². The van der Waals surface area contributed by atoms with Gasteiger partial charge < -0.3 is 0 Å². The molecule has 7 aromatic carbocycles. The van der Waals surface area contributed by atoms with Crippen LogP contribution in [0, 0.1) is 0 Å². The molecule has 0 unspecified atom stereocenters. The zero-order valence-corrected chi connectivity index (χ0v) is 30.2. The first-order valence-electron chi connectivity index (χ1n) is 17.8. The molecule has 0 saturated carbocycles. The molecule has 7 aromatic rings. The molecule has 0 saturated heterocycles. The first-order valence-corrected chi connectivity index (χ1v) is 17.8. The smallest absolute Gasteiger partial charge is 0.0159 e. The minimum absolute atomic E-state index is 0.0556. The van der Waals surface area contributed by atoms with E-state index in [0.29, 0.717) is 0 Å². The van der Waals surface area contributed by atoms with Crippen molar-refractivity contribution in [3.05, 3.63) is 130 Å². The Hall–Kier alpha value is -4.42. The topological polar surface area (TPSA) is 0 Å². The molecule has 0 bridgehead atoms. The Balaban J connectivity index is 1.45. The van der Waals surface area contributed by atoms with Crippen molar-refractivity contribution in [2.75, 3.05) is 0 Å². The van der Waals surface area contributed by atoms with E-state index in [4.69, 9.17) is 0 Å². The first kappa shape index (κ1) is 29.7. The second-order valence-corrected chi connectivity index (χ2v) is 17.9. The van der Waals surface area contributed by atoms with Crippen molar-refractivity contribution in [2.24, 2.45) is 0 Å². The number of fused-ring (bicyclic) bond motifs is 10. The molecule has 0 heteroatoms. The van der Waals surface area contributed by atoms with Gasteiger partial charge in [-0.1, -0.05) is 118 Å². The zero-order chi connectivity index (χ0) is 33.7. The Morgan fingerprint density at radius 3 is 0.958 bits per heavy atom. The van der Waals surface area contributed by atoms with Crippen molar-refractivity contribution < 1.29 is 0 Å². The SMILES string of the molecule is CC(C)(C)c1c2cc3c(cc2c(C(C)(C)C)c2cc4c(cc12)C(C)(C)c1cc2ccccc2cc1-4)C(C)(C)c1cc2ccccc2cc1-3. The highest BCUT2D eigenvalue weighted by molar-refractivity contribution is 6.12. The van der Waals surface area contributed by atoms with E-state index in [0.717, 1.165) is 0 Å². The van der Waals surface area contributed by atoms with Gasteiger partial charge in [0.1, 0.15) is 0 Å². The molecule has 0 nitrogen and oxygen atoms in total. The number of benzene rings is 7. The Morgan fingerprint density at radius 1 is 0.354 bits per heavy atom. The van der Waals surface area contributed by atoms with Crippen molar-refractivity contribution >= 4 is 43.1 Å². The van der Waals surface area contributed by atoms with Crippen LogP contribution in [0.5, 0.6) is 0 Å². The highest BCUT2D eigenvalue weighted by Gasteiger charge is 2.40. The van der Waals surface area contributed by atoms with Gasteiger partial charge in [0.2, 0.25) is 0 Å². The van der Waals surface area contributed by atoms with E-state index >= 15 is 0 Å². The Kier molecular flexibility index (Phi) is 5.68. The van der Waals surface area contributed by atoms with Gasteiger partial charge in [-0.05, 0) is 158 Å². The fourth-order valence-electron chi connectivity index (χ4n) is 9.66. The highest BCUT2D eigenvalue weighted by Crippen LogP contribution is 2.56. The molecular weight excluding hydrogens is 577 g/mol. The maximum Gasteiger partial charge on any atom is 0.0159 e. The molecular formula is C48H46. The van der Waals surface area contributed by atoms with Crippen LogP contribution in [0.25, 0.3) is 65.3 Å². The lowest BCUT2D eigenvalue weighted by Crippen LogP contribution is -2.20. The van der Waals surface area contributed by atoms with Crippen LogP contribution in [0.15, 0.2) is 97.1 Å². The van der Waals surface area contributed by atoms with Gasteiger partial charge in [-0.15, -0.1) is 0 Å².